The number of thioether (sulfide) groups is 1. The summed E-state index contributed by atoms with van der Waals surface area (Å²) in [5, 5.41) is 32.0. The van der Waals surface area contributed by atoms with Crippen LogP contribution in [0.3, 0.4) is 0 Å². The molecule has 0 aromatic heterocycles. The van der Waals surface area contributed by atoms with Crippen molar-refractivity contribution >= 4 is 11.8 Å². The van der Waals surface area contributed by atoms with Crippen LogP contribution < -0.4 is 9.47 Å². The van der Waals surface area contributed by atoms with Gasteiger partial charge in [0.1, 0.15) is 43.1 Å². The summed E-state index contributed by atoms with van der Waals surface area (Å²) >= 11 is 1.34. The summed E-state index contributed by atoms with van der Waals surface area (Å²) in [6.07, 6.45) is -2.99. The van der Waals surface area contributed by atoms with Gasteiger partial charge < -0.3 is 29.5 Å². The van der Waals surface area contributed by atoms with Gasteiger partial charge in [-0.1, -0.05) is 61.2 Å². The van der Waals surface area contributed by atoms with Crippen LogP contribution in [-0.2, 0) is 17.6 Å². The summed E-state index contributed by atoms with van der Waals surface area (Å²) in [5.41, 5.74) is 3.47. The average Bonchev–Trinajstić information content (AvgIpc) is 2.89. The van der Waals surface area contributed by atoms with E-state index in [1.54, 1.807) is 0 Å². The van der Waals surface area contributed by atoms with E-state index < -0.39 is 29.9 Å². The first-order valence-electron chi connectivity index (χ1n) is 11.9. The van der Waals surface area contributed by atoms with E-state index in [9.17, 15) is 15.3 Å². The van der Waals surface area contributed by atoms with Crippen LogP contribution in [0, 0.1) is 0 Å². The molecule has 5 atom stereocenters. The number of aliphatic hydroxyl groups is 3. The molecule has 1 fully saturated rings. The fraction of sp³-hybridized carbons (Fsp3) is 0.357. The van der Waals surface area contributed by atoms with Crippen molar-refractivity contribution in [2.45, 2.75) is 54.5 Å². The number of fused-ring (bicyclic) bond motifs is 1. The highest BCUT2D eigenvalue weighted by atomic mass is 32.2. The Hall–Kier alpha value is -2.55. The van der Waals surface area contributed by atoms with Crippen LogP contribution in [-0.4, -0.2) is 52.3 Å². The smallest absolute Gasteiger partial charge is 0.161 e. The lowest BCUT2D eigenvalue weighted by Gasteiger charge is -2.40. The molecule has 5 rings (SSSR count). The predicted octanol–water partition coefficient (Wildman–Crippen LogP) is 3.88. The molecule has 184 valence electrons. The maximum atomic E-state index is 10.8. The first kappa shape index (κ1) is 24.2. The van der Waals surface area contributed by atoms with Crippen molar-refractivity contribution in [2.24, 2.45) is 0 Å². The van der Waals surface area contributed by atoms with Crippen molar-refractivity contribution < 1.29 is 29.5 Å². The number of rotatable bonds is 6. The number of aryl methyl sites for hydroxylation is 1. The van der Waals surface area contributed by atoms with Crippen molar-refractivity contribution in [2.75, 3.05) is 13.2 Å². The summed E-state index contributed by atoms with van der Waals surface area (Å²) in [5.74, 6) is 1.52. The molecule has 7 heteroatoms. The van der Waals surface area contributed by atoms with Gasteiger partial charge in [0.15, 0.2) is 11.5 Å². The van der Waals surface area contributed by atoms with Gasteiger partial charge in [0.05, 0.1) is 0 Å². The Morgan fingerprint density at radius 1 is 0.800 bits per heavy atom. The first-order chi connectivity index (χ1) is 17.0. The average molecular weight is 495 g/mol. The summed E-state index contributed by atoms with van der Waals surface area (Å²) in [4.78, 5) is 0.916. The van der Waals surface area contributed by atoms with E-state index in [1.807, 2.05) is 60.7 Å². The molecule has 3 aromatic carbocycles. The summed E-state index contributed by atoms with van der Waals surface area (Å²) in [6, 6.07) is 21.6. The van der Waals surface area contributed by atoms with Gasteiger partial charge in [0.2, 0.25) is 0 Å². The molecule has 0 aliphatic carbocycles. The third kappa shape index (κ3) is 5.20. The Balaban J connectivity index is 1.41. The molecule has 3 N–H and O–H groups in total. The predicted molar refractivity (Wildman–Crippen MR) is 134 cm³/mol. The molecule has 35 heavy (non-hydrogen) atoms. The van der Waals surface area contributed by atoms with Gasteiger partial charge in [-0.25, -0.2) is 0 Å². The van der Waals surface area contributed by atoms with E-state index >= 15 is 0 Å². The van der Waals surface area contributed by atoms with E-state index in [4.69, 9.17) is 14.2 Å². The maximum Gasteiger partial charge on any atom is 0.161 e. The Morgan fingerprint density at radius 2 is 1.57 bits per heavy atom. The normalized spacial score (nSPS) is 25.9. The molecule has 1 unspecified atom stereocenters. The van der Waals surface area contributed by atoms with Crippen molar-refractivity contribution in [3.63, 3.8) is 0 Å². The highest BCUT2D eigenvalue weighted by Gasteiger charge is 2.44. The van der Waals surface area contributed by atoms with Crippen LogP contribution in [0.5, 0.6) is 11.5 Å². The van der Waals surface area contributed by atoms with Crippen LogP contribution in [0.4, 0.5) is 0 Å². The van der Waals surface area contributed by atoms with Crippen LogP contribution in [0.25, 0.3) is 0 Å². The zero-order valence-electron chi connectivity index (χ0n) is 19.5. The molecular weight excluding hydrogens is 464 g/mol. The lowest BCUT2D eigenvalue weighted by atomic mass is 9.90. The van der Waals surface area contributed by atoms with Gasteiger partial charge >= 0.3 is 0 Å². The second-order valence-corrected chi connectivity index (χ2v) is 10.0. The molecule has 0 bridgehead atoms. The molecule has 0 amide bonds. The Kier molecular flexibility index (Phi) is 7.32. The molecular formula is C28H30O6S. The Morgan fingerprint density at radius 3 is 2.34 bits per heavy atom. The molecule has 2 aliphatic heterocycles. The van der Waals surface area contributed by atoms with E-state index in [0.29, 0.717) is 19.6 Å². The number of aliphatic hydroxyl groups excluding tert-OH is 3. The highest BCUT2D eigenvalue weighted by Crippen LogP contribution is 2.40. The SMILES string of the molecule is CCc1ccc([C@@H]2OC(Sc3ccccc3)[C@@H](O)[C@H](O)[C@H]2O)cc1Cc1ccc2c(c1)OCCO2. The van der Waals surface area contributed by atoms with Gasteiger partial charge in [0.25, 0.3) is 0 Å². The fourth-order valence-corrected chi connectivity index (χ4v) is 5.66. The van der Waals surface area contributed by atoms with Crippen LogP contribution in [0.1, 0.15) is 35.3 Å². The number of hydrogen-bond acceptors (Lipinski definition) is 7. The van der Waals surface area contributed by atoms with Crippen LogP contribution in [0.2, 0.25) is 0 Å². The van der Waals surface area contributed by atoms with E-state index in [2.05, 4.69) is 13.0 Å². The molecule has 2 heterocycles. The third-order valence-electron chi connectivity index (χ3n) is 6.51. The van der Waals surface area contributed by atoms with Crippen molar-refractivity contribution in [3.8, 4) is 11.5 Å². The number of ether oxygens (including phenoxy) is 3. The second-order valence-electron chi connectivity index (χ2n) is 8.86. The van der Waals surface area contributed by atoms with Gasteiger partial charge in [-0.05, 0) is 59.4 Å². The highest BCUT2D eigenvalue weighted by molar-refractivity contribution is 7.99. The Labute approximate surface area is 209 Å². The summed E-state index contributed by atoms with van der Waals surface area (Å²) in [6.45, 7) is 3.21. The molecule has 1 saturated heterocycles. The fourth-order valence-electron chi connectivity index (χ4n) is 4.60. The monoisotopic (exact) mass is 494 g/mol. The van der Waals surface area contributed by atoms with E-state index in [-0.39, 0.29) is 0 Å². The Bertz CT molecular complexity index is 1150. The minimum absolute atomic E-state index is 0.541. The van der Waals surface area contributed by atoms with Gasteiger partial charge in [-0.3, -0.25) is 0 Å². The van der Waals surface area contributed by atoms with Gasteiger partial charge in [0, 0.05) is 4.90 Å². The molecule has 2 aliphatic rings. The van der Waals surface area contributed by atoms with Crippen molar-refractivity contribution in [3.05, 3.63) is 89.0 Å². The molecule has 0 radical (unpaired) electrons. The standard InChI is InChI=1S/C28H30O6S/c1-2-18-9-10-19(16-20(18)14-17-8-11-22-23(15-17)33-13-12-32-22)27-25(30)24(29)26(31)28(34-27)35-21-6-4-3-5-7-21/h3-11,15-16,24-31H,2,12-14H2,1H3/t24-,25-,26+,27+,28?/m1/s1. The van der Waals surface area contributed by atoms with Gasteiger partial charge in [-0.2, -0.15) is 0 Å². The molecule has 6 nitrogen and oxygen atoms in total. The lowest BCUT2D eigenvalue weighted by Crippen LogP contribution is -2.53. The topological polar surface area (TPSA) is 88.4 Å². The van der Waals surface area contributed by atoms with E-state index in [1.165, 1.54) is 17.3 Å². The number of benzene rings is 3. The quantitative estimate of drug-likeness (QED) is 0.479. The van der Waals surface area contributed by atoms with Gasteiger partial charge in [-0.15, -0.1) is 0 Å². The lowest BCUT2D eigenvalue weighted by molar-refractivity contribution is -0.200. The first-order valence-corrected chi connectivity index (χ1v) is 12.8. The molecule has 0 saturated carbocycles. The summed E-state index contributed by atoms with van der Waals surface area (Å²) < 4.78 is 17.6. The molecule has 3 aromatic rings. The third-order valence-corrected chi connectivity index (χ3v) is 7.67. The zero-order valence-corrected chi connectivity index (χ0v) is 20.4. The minimum Gasteiger partial charge on any atom is -0.486 e. The maximum absolute atomic E-state index is 10.8. The summed E-state index contributed by atoms with van der Waals surface area (Å²) in [7, 11) is 0. The van der Waals surface area contributed by atoms with Crippen LogP contribution in [0.15, 0.2) is 71.6 Å². The van der Waals surface area contributed by atoms with Crippen molar-refractivity contribution in [1.82, 2.24) is 0 Å². The minimum atomic E-state index is -1.32. The van der Waals surface area contributed by atoms with Crippen molar-refractivity contribution in [1.29, 1.82) is 0 Å². The number of hydrogen-bond donors (Lipinski definition) is 3. The van der Waals surface area contributed by atoms with Crippen LogP contribution >= 0.6 is 11.8 Å². The molecule has 0 spiro atoms. The van der Waals surface area contributed by atoms with E-state index in [0.717, 1.165) is 39.5 Å². The zero-order chi connectivity index (χ0) is 24.4. The largest absolute Gasteiger partial charge is 0.486 e. The second kappa shape index (κ2) is 10.6.